The van der Waals surface area contributed by atoms with Gasteiger partial charge >= 0.3 is 12.6 Å². The number of nitrogens with one attached hydrogen (secondary N) is 1. The number of aromatic nitrogens is 1. The number of aromatic carboxylic acids is 1. The molecule has 0 spiro atoms. The summed E-state index contributed by atoms with van der Waals surface area (Å²) in [5.41, 5.74) is -1.51. The van der Waals surface area contributed by atoms with Gasteiger partial charge in [0.25, 0.3) is 0 Å². The number of halogens is 4. The molecule has 32 heavy (non-hydrogen) atoms. The SMILES string of the molecule is Cl.O=C(O)c1cn(C2CC2)c2c(OC(F)F)c(N3C[C@@H]4CCCN[C@@H]4C3)c(F)cc2c1=O. The Morgan fingerprint density at radius 3 is 2.62 bits per heavy atom. The molecule has 0 radical (unpaired) electrons. The zero-order valence-electron chi connectivity index (χ0n) is 17.0. The Morgan fingerprint density at radius 1 is 1.25 bits per heavy atom. The highest BCUT2D eigenvalue weighted by atomic mass is 35.5. The molecule has 2 atom stereocenters. The molecule has 174 valence electrons. The Balaban J connectivity index is 0.00000245. The van der Waals surface area contributed by atoms with E-state index >= 15 is 4.39 Å². The first-order valence-electron chi connectivity index (χ1n) is 10.4. The normalized spacial score (nSPS) is 22.7. The van der Waals surface area contributed by atoms with E-state index < -0.39 is 35.1 Å². The van der Waals surface area contributed by atoms with Crippen LogP contribution in [0.2, 0.25) is 0 Å². The van der Waals surface area contributed by atoms with Crippen molar-refractivity contribution in [3.8, 4) is 5.75 Å². The van der Waals surface area contributed by atoms with E-state index in [2.05, 4.69) is 5.32 Å². The number of hydrogen-bond acceptors (Lipinski definition) is 5. The lowest BCUT2D eigenvalue weighted by atomic mass is 9.94. The Morgan fingerprint density at radius 2 is 2.00 bits per heavy atom. The lowest BCUT2D eigenvalue weighted by molar-refractivity contribution is -0.0488. The monoisotopic (exact) mass is 473 g/mol. The fraction of sp³-hybridized carbons (Fsp3) is 0.524. The van der Waals surface area contributed by atoms with E-state index in [-0.39, 0.29) is 47.0 Å². The maximum absolute atomic E-state index is 15.3. The molecule has 11 heteroatoms. The molecule has 1 aromatic carbocycles. The van der Waals surface area contributed by atoms with Crippen molar-refractivity contribution in [3.63, 3.8) is 0 Å². The number of carboxylic acid groups (broad SMARTS) is 1. The smallest absolute Gasteiger partial charge is 0.387 e. The third-order valence-electron chi connectivity index (χ3n) is 6.49. The maximum atomic E-state index is 15.3. The number of carboxylic acids is 1. The minimum Gasteiger partial charge on any atom is -0.477 e. The second kappa shape index (κ2) is 8.47. The zero-order valence-corrected chi connectivity index (χ0v) is 17.8. The van der Waals surface area contributed by atoms with Crippen molar-refractivity contribution in [2.45, 2.75) is 44.4 Å². The van der Waals surface area contributed by atoms with Gasteiger partial charge in [-0.15, -0.1) is 12.4 Å². The number of nitrogens with zero attached hydrogens (tertiary/aromatic N) is 2. The molecule has 3 fully saturated rings. The molecule has 2 N–H and O–H groups in total. The third-order valence-corrected chi connectivity index (χ3v) is 6.49. The highest BCUT2D eigenvalue weighted by molar-refractivity contribution is 5.97. The predicted molar refractivity (Wildman–Crippen MR) is 114 cm³/mol. The topological polar surface area (TPSA) is 83.8 Å². The van der Waals surface area contributed by atoms with Crippen LogP contribution in [-0.4, -0.2) is 47.9 Å². The molecule has 2 aliphatic heterocycles. The van der Waals surface area contributed by atoms with Crippen molar-refractivity contribution in [2.75, 3.05) is 24.5 Å². The summed E-state index contributed by atoms with van der Waals surface area (Å²) < 4.78 is 48.5. The molecule has 2 aromatic rings. The summed E-state index contributed by atoms with van der Waals surface area (Å²) in [6, 6.07) is 0.942. The molecule has 0 bridgehead atoms. The van der Waals surface area contributed by atoms with Gasteiger partial charge in [0.1, 0.15) is 11.3 Å². The second-order valence-corrected chi connectivity index (χ2v) is 8.49. The quantitative estimate of drug-likeness (QED) is 0.692. The molecule has 3 heterocycles. The van der Waals surface area contributed by atoms with Crippen LogP contribution in [-0.2, 0) is 0 Å². The van der Waals surface area contributed by atoms with E-state index in [0.717, 1.165) is 31.6 Å². The van der Waals surface area contributed by atoms with E-state index in [1.807, 2.05) is 0 Å². The van der Waals surface area contributed by atoms with Crippen molar-refractivity contribution >= 4 is 35.0 Å². The molecule has 3 aliphatic rings. The number of pyridine rings is 1. The first-order chi connectivity index (χ1) is 14.8. The Hall–Kier alpha value is -2.46. The van der Waals surface area contributed by atoms with Gasteiger partial charge < -0.3 is 24.6 Å². The summed E-state index contributed by atoms with van der Waals surface area (Å²) in [7, 11) is 0. The summed E-state index contributed by atoms with van der Waals surface area (Å²) in [6.07, 6.45) is 4.53. The molecule has 0 amide bonds. The van der Waals surface area contributed by atoms with Gasteiger partial charge in [0.05, 0.1) is 10.9 Å². The highest BCUT2D eigenvalue weighted by Gasteiger charge is 2.38. The number of ether oxygens (including phenoxy) is 1. The Labute approximate surface area is 187 Å². The lowest BCUT2D eigenvalue weighted by Gasteiger charge is -2.25. The number of alkyl halides is 2. The van der Waals surface area contributed by atoms with Crippen LogP contribution >= 0.6 is 12.4 Å². The number of benzene rings is 1. The minimum atomic E-state index is -3.23. The van der Waals surface area contributed by atoms with Crippen molar-refractivity contribution in [1.29, 1.82) is 0 Å². The molecule has 2 saturated heterocycles. The first kappa shape index (κ1) is 22.7. The van der Waals surface area contributed by atoms with Crippen LogP contribution in [0.1, 0.15) is 42.1 Å². The van der Waals surface area contributed by atoms with Gasteiger partial charge in [0.2, 0.25) is 5.43 Å². The standard InChI is InChI=1S/C21H22F3N3O4.ClH/c22-14-6-12-16(27(11-3-4-11)8-13(18(12)28)20(29)30)19(31-21(23)24)17(14)26-7-10-2-1-5-25-15(10)9-26;/h6,8,10-11,15,21,25H,1-5,7,9H2,(H,29,30);1H/t10-,15+;/m0./s1. The summed E-state index contributed by atoms with van der Waals surface area (Å²) in [4.78, 5) is 26.0. The van der Waals surface area contributed by atoms with Crippen LogP contribution in [0.3, 0.4) is 0 Å². The van der Waals surface area contributed by atoms with Gasteiger partial charge in [-0.05, 0) is 44.2 Å². The van der Waals surface area contributed by atoms with E-state index in [9.17, 15) is 23.5 Å². The van der Waals surface area contributed by atoms with Gasteiger partial charge in [0.15, 0.2) is 11.6 Å². The van der Waals surface area contributed by atoms with Gasteiger partial charge in [-0.1, -0.05) is 0 Å². The summed E-state index contributed by atoms with van der Waals surface area (Å²) >= 11 is 0. The average Bonchev–Trinajstić information content (AvgIpc) is 3.46. The Kier molecular flexibility index (Phi) is 6.02. The molecule has 7 nitrogen and oxygen atoms in total. The summed E-state index contributed by atoms with van der Waals surface area (Å²) in [6.45, 7) is -1.45. The number of fused-ring (bicyclic) bond motifs is 2. The van der Waals surface area contributed by atoms with Crippen LogP contribution in [0.25, 0.3) is 10.9 Å². The summed E-state index contributed by atoms with van der Waals surface area (Å²) in [5.74, 6) is -2.45. The molecule has 5 rings (SSSR count). The minimum absolute atomic E-state index is 0. The van der Waals surface area contributed by atoms with E-state index in [1.54, 1.807) is 4.90 Å². The van der Waals surface area contributed by atoms with Crippen LogP contribution < -0.4 is 20.4 Å². The number of piperidine rings is 1. The Bertz CT molecular complexity index is 1110. The lowest BCUT2D eigenvalue weighted by Crippen LogP contribution is -2.40. The van der Waals surface area contributed by atoms with Crippen molar-refractivity contribution in [1.82, 2.24) is 9.88 Å². The molecular weight excluding hydrogens is 451 g/mol. The van der Waals surface area contributed by atoms with Gasteiger partial charge in [-0.25, -0.2) is 9.18 Å². The van der Waals surface area contributed by atoms with Crippen LogP contribution in [0, 0.1) is 11.7 Å². The van der Waals surface area contributed by atoms with Gasteiger partial charge in [0, 0.05) is 31.4 Å². The number of hydrogen-bond donors (Lipinski definition) is 2. The summed E-state index contributed by atoms with van der Waals surface area (Å²) in [5, 5.41) is 12.5. The van der Waals surface area contributed by atoms with Gasteiger partial charge in [-0.3, -0.25) is 4.79 Å². The van der Waals surface area contributed by atoms with E-state index in [1.165, 1.54) is 4.57 Å². The molecule has 1 saturated carbocycles. The number of rotatable bonds is 5. The third kappa shape index (κ3) is 3.79. The van der Waals surface area contributed by atoms with Crippen LogP contribution in [0.5, 0.6) is 5.75 Å². The van der Waals surface area contributed by atoms with E-state index in [4.69, 9.17) is 4.74 Å². The van der Waals surface area contributed by atoms with Crippen molar-refractivity contribution in [2.24, 2.45) is 5.92 Å². The van der Waals surface area contributed by atoms with Crippen LogP contribution in [0.15, 0.2) is 17.1 Å². The maximum Gasteiger partial charge on any atom is 0.387 e. The number of carbonyl (C=O) groups is 1. The zero-order chi connectivity index (χ0) is 21.9. The second-order valence-electron chi connectivity index (χ2n) is 8.49. The molecule has 1 aliphatic carbocycles. The van der Waals surface area contributed by atoms with Crippen LogP contribution in [0.4, 0.5) is 18.9 Å². The fourth-order valence-electron chi connectivity index (χ4n) is 4.96. The number of anilines is 1. The van der Waals surface area contributed by atoms with Crippen molar-refractivity contribution in [3.05, 3.63) is 33.9 Å². The predicted octanol–water partition coefficient (Wildman–Crippen LogP) is 3.39. The van der Waals surface area contributed by atoms with Gasteiger partial charge in [-0.2, -0.15) is 8.78 Å². The van der Waals surface area contributed by atoms with E-state index in [0.29, 0.717) is 25.9 Å². The highest BCUT2D eigenvalue weighted by Crippen LogP contribution is 2.45. The van der Waals surface area contributed by atoms with Crippen molar-refractivity contribution < 1.29 is 27.8 Å². The fourth-order valence-corrected chi connectivity index (χ4v) is 4.96. The average molecular weight is 474 g/mol. The molecule has 1 aromatic heterocycles. The first-order valence-corrected chi connectivity index (χ1v) is 10.4. The molecule has 0 unspecified atom stereocenters. The largest absolute Gasteiger partial charge is 0.477 e. The molecular formula is C21H23ClF3N3O4.